The van der Waals surface area contributed by atoms with Gasteiger partial charge in [-0.1, -0.05) is 44.2 Å². The Kier molecular flexibility index (Phi) is 5.80. The van der Waals surface area contributed by atoms with Gasteiger partial charge >= 0.3 is 0 Å². The number of likely N-dealkylation sites (tertiary alicyclic amines) is 1. The highest BCUT2D eigenvalue weighted by atomic mass is 16.2. The minimum absolute atomic E-state index is 0.130. The fourth-order valence-corrected chi connectivity index (χ4v) is 3.11. The van der Waals surface area contributed by atoms with Crippen molar-refractivity contribution >= 4 is 5.91 Å². The standard InChI is InChI=1S/C18H28N2O/c1-14(2)12-17(15-8-5-4-6-9-15)19-18(21)16-10-7-11-20(3)13-16/h4-6,8-9,14,16-17H,7,10-13H2,1-3H3,(H,19,21)/t16-,17+/m0/s1. The largest absolute Gasteiger partial charge is 0.349 e. The van der Waals surface area contributed by atoms with Crippen molar-refractivity contribution in [3.63, 3.8) is 0 Å². The summed E-state index contributed by atoms with van der Waals surface area (Å²) in [6.07, 6.45) is 3.12. The number of carbonyl (C=O) groups is 1. The van der Waals surface area contributed by atoms with E-state index in [-0.39, 0.29) is 17.9 Å². The highest BCUT2D eigenvalue weighted by Crippen LogP contribution is 2.23. The van der Waals surface area contributed by atoms with Gasteiger partial charge in [0, 0.05) is 6.54 Å². The molecular weight excluding hydrogens is 260 g/mol. The van der Waals surface area contributed by atoms with Crippen molar-refractivity contribution < 1.29 is 4.79 Å². The van der Waals surface area contributed by atoms with Crippen LogP contribution >= 0.6 is 0 Å². The summed E-state index contributed by atoms with van der Waals surface area (Å²) in [6, 6.07) is 10.5. The van der Waals surface area contributed by atoms with Gasteiger partial charge in [0.1, 0.15) is 0 Å². The Balaban J connectivity index is 2.02. The van der Waals surface area contributed by atoms with Crippen LogP contribution in [0.15, 0.2) is 30.3 Å². The number of nitrogens with zero attached hydrogens (tertiary/aromatic N) is 1. The van der Waals surface area contributed by atoms with Gasteiger partial charge in [0.15, 0.2) is 0 Å². The Labute approximate surface area is 128 Å². The van der Waals surface area contributed by atoms with Gasteiger partial charge in [0.2, 0.25) is 5.91 Å². The Morgan fingerprint density at radius 3 is 2.67 bits per heavy atom. The summed E-state index contributed by atoms with van der Waals surface area (Å²) in [5, 5.41) is 3.29. The number of amides is 1. The molecule has 3 heteroatoms. The van der Waals surface area contributed by atoms with E-state index in [2.05, 4.69) is 43.2 Å². The summed E-state index contributed by atoms with van der Waals surface area (Å²) >= 11 is 0. The van der Waals surface area contributed by atoms with Crippen molar-refractivity contribution in [3.05, 3.63) is 35.9 Å². The zero-order chi connectivity index (χ0) is 15.2. The van der Waals surface area contributed by atoms with Gasteiger partial charge in [-0.3, -0.25) is 4.79 Å². The van der Waals surface area contributed by atoms with Crippen molar-refractivity contribution in [2.75, 3.05) is 20.1 Å². The summed E-state index contributed by atoms with van der Waals surface area (Å²) in [5.41, 5.74) is 1.21. The maximum absolute atomic E-state index is 12.6. The van der Waals surface area contributed by atoms with Crippen LogP contribution in [-0.2, 0) is 4.79 Å². The molecule has 3 nitrogen and oxygen atoms in total. The molecule has 1 aliphatic heterocycles. The molecule has 1 N–H and O–H groups in total. The first-order chi connectivity index (χ1) is 10.1. The lowest BCUT2D eigenvalue weighted by Crippen LogP contribution is -2.42. The molecule has 2 atom stereocenters. The first-order valence-electron chi connectivity index (χ1n) is 8.10. The summed E-state index contributed by atoms with van der Waals surface area (Å²) < 4.78 is 0. The van der Waals surface area contributed by atoms with Gasteiger partial charge in [-0.2, -0.15) is 0 Å². The lowest BCUT2D eigenvalue weighted by Gasteiger charge is -2.30. The molecule has 116 valence electrons. The van der Waals surface area contributed by atoms with Crippen molar-refractivity contribution in [1.82, 2.24) is 10.2 Å². The quantitative estimate of drug-likeness (QED) is 0.902. The van der Waals surface area contributed by atoms with Crippen LogP contribution in [0.4, 0.5) is 0 Å². The zero-order valence-corrected chi connectivity index (χ0v) is 13.5. The summed E-state index contributed by atoms with van der Waals surface area (Å²) in [7, 11) is 2.10. The van der Waals surface area contributed by atoms with Crippen LogP contribution in [-0.4, -0.2) is 30.9 Å². The third kappa shape index (κ3) is 4.85. The number of piperidine rings is 1. The van der Waals surface area contributed by atoms with Crippen LogP contribution in [0, 0.1) is 11.8 Å². The highest BCUT2D eigenvalue weighted by molar-refractivity contribution is 5.79. The average molecular weight is 288 g/mol. The minimum Gasteiger partial charge on any atom is -0.349 e. The summed E-state index contributed by atoms with van der Waals surface area (Å²) in [4.78, 5) is 14.8. The van der Waals surface area contributed by atoms with E-state index < -0.39 is 0 Å². The van der Waals surface area contributed by atoms with Gasteiger partial charge in [-0.25, -0.2) is 0 Å². The molecule has 1 amide bonds. The van der Waals surface area contributed by atoms with Crippen LogP contribution in [0.3, 0.4) is 0 Å². The number of hydrogen-bond acceptors (Lipinski definition) is 2. The maximum atomic E-state index is 12.6. The summed E-state index contributed by atoms with van der Waals surface area (Å²) in [6.45, 7) is 6.40. The van der Waals surface area contributed by atoms with Crippen LogP contribution < -0.4 is 5.32 Å². The molecule has 1 aromatic rings. The van der Waals surface area contributed by atoms with Gasteiger partial charge in [0.25, 0.3) is 0 Å². The molecule has 0 aliphatic carbocycles. The van der Waals surface area contributed by atoms with E-state index in [1.165, 1.54) is 5.56 Å². The Morgan fingerprint density at radius 1 is 1.33 bits per heavy atom. The van der Waals surface area contributed by atoms with Gasteiger partial charge in [-0.15, -0.1) is 0 Å². The topological polar surface area (TPSA) is 32.3 Å². The molecular formula is C18H28N2O. The number of benzene rings is 1. The van der Waals surface area contributed by atoms with Crippen molar-refractivity contribution in [1.29, 1.82) is 0 Å². The molecule has 1 fully saturated rings. The predicted molar refractivity (Wildman–Crippen MR) is 87.0 cm³/mol. The lowest BCUT2D eigenvalue weighted by molar-refractivity contribution is -0.127. The van der Waals surface area contributed by atoms with Gasteiger partial charge in [-0.05, 0) is 44.3 Å². The first kappa shape index (κ1) is 16.0. The Hall–Kier alpha value is -1.35. The number of nitrogens with one attached hydrogen (secondary N) is 1. The molecule has 21 heavy (non-hydrogen) atoms. The second-order valence-electron chi connectivity index (χ2n) is 6.70. The average Bonchev–Trinajstić information content (AvgIpc) is 2.47. The van der Waals surface area contributed by atoms with E-state index in [4.69, 9.17) is 0 Å². The number of hydrogen-bond donors (Lipinski definition) is 1. The molecule has 1 aromatic carbocycles. The van der Waals surface area contributed by atoms with Gasteiger partial charge in [0.05, 0.1) is 12.0 Å². The fraction of sp³-hybridized carbons (Fsp3) is 0.611. The van der Waals surface area contributed by atoms with E-state index >= 15 is 0 Å². The molecule has 0 spiro atoms. The fourth-order valence-electron chi connectivity index (χ4n) is 3.11. The molecule has 1 aliphatic rings. The van der Waals surface area contributed by atoms with Crippen LogP contribution in [0.1, 0.15) is 44.7 Å². The lowest BCUT2D eigenvalue weighted by atomic mass is 9.94. The third-order valence-corrected chi connectivity index (χ3v) is 4.22. The van der Waals surface area contributed by atoms with Crippen LogP contribution in [0.5, 0.6) is 0 Å². The second kappa shape index (κ2) is 7.60. The Morgan fingerprint density at radius 2 is 2.05 bits per heavy atom. The van der Waals surface area contributed by atoms with Crippen LogP contribution in [0.25, 0.3) is 0 Å². The molecule has 0 unspecified atom stereocenters. The maximum Gasteiger partial charge on any atom is 0.224 e. The number of rotatable bonds is 5. The molecule has 1 heterocycles. The Bertz CT molecular complexity index is 444. The van der Waals surface area contributed by atoms with Crippen LogP contribution in [0.2, 0.25) is 0 Å². The van der Waals surface area contributed by atoms with Crippen molar-refractivity contribution in [3.8, 4) is 0 Å². The van der Waals surface area contributed by atoms with Crippen molar-refractivity contribution in [2.45, 2.75) is 39.2 Å². The zero-order valence-electron chi connectivity index (χ0n) is 13.5. The molecule has 0 aromatic heterocycles. The first-order valence-corrected chi connectivity index (χ1v) is 8.10. The van der Waals surface area contributed by atoms with E-state index in [0.717, 1.165) is 32.4 Å². The molecule has 0 saturated carbocycles. The monoisotopic (exact) mass is 288 g/mol. The summed E-state index contributed by atoms with van der Waals surface area (Å²) in [5.74, 6) is 0.919. The number of carbonyl (C=O) groups excluding carboxylic acids is 1. The van der Waals surface area contributed by atoms with Crippen molar-refractivity contribution in [2.24, 2.45) is 11.8 Å². The second-order valence-corrected chi connectivity index (χ2v) is 6.70. The smallest absolute Gasteiger partial charge is 0.224 e. The SMILES string of the molecule is CC(C)C[C@@H](NC(=O)[C@H]1CCCN(C)C1)c1ccccc1. The van der Waals surface area contributed by atoms with E-state index in [1.54, 1.807) is 0 Å². The van der Waals surface area contributed by atoms with E-state index in [9.17, 15) is 4.79 Å². The normalized spacial score (nSPS) is 21.2. The molecule has 0 bridgehead atoms. The molecule has 1 saturated heterocycles. The third-order valence-electron chi connectivity index (χ3n) is 4.22. The van der Waals surface area contributed by atoms with E-state index in [0.29, 0.717) is 5.92 Å². The highest BCUT2D eigenvalue weighted by Gasteiger charge is 2.26. The van der Waals surface area contributed by atoms with Gasteiger partial charge < -0.3 is 10.2 Å². The van der Waals surface area contributed by atoms with E-state index in [1.807, 2.05) is 18.2 Å². The predicted octanol–water partition coefficient (Wildman–Crippen LogP) is 3.23. The molecule has 0 radical (unpaired) electrons. The minimum atomic E-state index is 0.130. The molecule has 2 rings (SSSR count).